The smallest absolute Gasteiger partial charge is 0.417 e. The van der Waals surface area contributed by atoms with Crippen LogP contribution >= 0.6 is 11.8 Å². The summed E-state index contributed by atoms with van der Waals surface area (Å²) < 4.78 is 43.3. The van der Waals surface area contributed by atoms with Crippen LogP contribution in [0, 0.1) is 0 Å². The molecule has 1 amide bonds. The number of rotatable bonds is 10. The largest absolute Gasteiger partial charge is 0.480 e. The van der Waals surface area contributed by atoms with E-state index in [0.717, 1.165) is 34.5 Å². The number of nitrogens with zero attached hydrogens (tertiary/aromatic N) is 1. The van der Waals surface area contributed by atoms with E-state index in [1.165, 1.54) is 17.8 Å². The van der Waals surface area contributed by atoms with Crippen LogP contribution in [-0.2, 0) is 28.0 Å². The standard InChI is InChI=1S/C28H30F3N3O4S/c1-27(2,3)38-26(37)34-23(25(35)36)17-39-16-18-7-9-20(10-8-18)21-6-4-5-19(13-21)14-32-24-12-11-22(15-33-24)28(29,30)31/h4-13,15,23H,14,16-17H2,1-3H3,(H,32,33)(H,34,37)(H,35,36). The lowest BCUT2D eigenvalue weighted by Gasteiger charge is -2.21. The van der Waals surface area contributed by atoms with Crippen LogP contribution in [0.1, 0.15) is 37.5 Å². The molecule has 3 N–H and O–H groups in total. The molecule has 11 heteroatoms. The maximum absolute atomic E-state index is 12.7. The summed E-state index contributed by atoms with van der Waals surface area (Å²) in [5, 5.41) is 14.8. The second kappa shape index (κ2) is 12.9. The number of pyridine rings is 1. The van der Waals surface area contributed by atoms with Crippen molar-refractivity contribution in [1.82, 2.24) is 10.3 Å². The number of carboxylic acid groups (broad SMARTS) is 1. The second-order valence-corrected chi connectivity index (χ2v) is 10.8. The molecule has 2 aromatic carbocycles. The molecule has 0 aliphatic carbocycles. The SMILES string of the molecule is CC(C)(C)OC(=O)NC(CSCc1ccc(-c2cccc(CNc3ccc(C(F)(F)F)cn3)c2)cc1)C(=O)O. The van der Waals surface area contributed by atoms with Crippen molar-refractivity contribution in [3.05, 3.63) is 83.6 Å². The molecule has 1 unspecified atom stereocenters. The van der Waals surface area contributed by atoms with Gasteiger partial charge >= 0.3 is 18.2 Å². The third-order valence-electron chi connectivity index (χ3n) is 5.32. The predicted molar refractivity (Wildman–Crippen MR) is 145 cm³/mol. The Labute approximate surface area is 229 Å². The van der Waals surface area contributed by atoms with Gasteiger partial charge in [0, 0.05) is 24.2 Å². The number of aromatic nitrogens is 1. The van der Waals surface area contributed by atoms with E-state index in [-0.39, 0.29) is 5.75 Å². The van der Waals surface area contributed by atoms with Gasteiger partial charge in [0.25, 0.3) is 0 Å². The number of nitrogens with one attached hydrogen (secondary N) is 2. The van der Waals surface area contributed by atoms with E-state index in [0.29, 0.717) is 18.1 Å². The zero-order valence-electron chi connectivity index (χ0n) is 21.7. The summed E-state index contributed by atoms with van der Waals surface area (Å²) >= 11 is 1.39. The van der Waals surface area contributed by atoms with Gasteiger partial charge < -0.3 is 20.5 Å². The second-order valence-electron chi connectivity index (χ2n) is 9.73. The van der Waals surface area contributed by atoms with Crippen LogP contribution in [0.15, 0.2) is 66.9 Å². The highest BCUT2D eigenvalue weighted by atomic mass is 32.2. The first-order valence-electron chi connectivity index (χ1n) is 12.1. The van der Waals surface area contributed by atoms with Gasteiger partial charge in [-0.05, 0) is 61.2 Å². The van der Waals surface area contributed by atoms with E-state index in [1.54, 1.807) is 20.8 Å². The van der Waals surface area contributed by atoms with Crippen molar-refractivity contribution in [2.75, 3.05) is 11.1 Å². The molecule has 1 heterocycles. The lowest BCUT2D eigenvalue weighted by atomic mass is 10.0. The molecular formula is C28H30F3N3O4S. The number of hydrogen-bond donors (Lipinski definition) is 3. The summed E-state index contributed by atoms with van der Waals surface area (Å²) in [6.45, 7) is 5.50. The number of carbonyl (C=O) groups excluding carboxylic acids is 1. The van der Waals surface area contributed by atoms with Gasteiger partial charge in [-0.2, -0.15) is 24.9 Å². The van der Waals surface area contributed by atoms with Crippen molar-refractivity contribution in [2.45, 2.75) is 50.9 Å². The zero-order valence-corrected chi connectivity index (χ0v) is 22.5. The predicted octanol–water partition coefficient (Wildman–Crippen LogP) is 6.59. The van der Waals surface area contributed by atoms with Gasteiger partial charge in [0.1, 0.15) is 17.5 Å². The molecule has 0 aliphatic heterocycles. The Hall–Kier alpha value is -3.73. The molecule has 208 valence electrons. The van der Waals surface area contributed by atoms with Crippen molar-refractivity contribution in [3.63, 3.8) is 0 Å². The lowest BCUT2D eigenvalue weighted by molar-refractivity contribution is -0.139. The van der Waals surface area contributed by atoms with Gasteiger partial charge in [0.15, 0.2) is 0 Å². The highest BCUT2D eigenvalue weighted by Crippen LogP contribution is 2.29. The number of anilines is 1. The van der Waals surface area contributed by atoms with E-state index in [4.69, 9.17) is 4.74 Å². The fraction of sp³-hybridized carbons (Fsp3) is 0.321. The van der Waals surface area contributed by atoms with Crippen LogP contribution < -0.4 is 10.6 Å². The van der Waals surface area contributed by atoms with Crippen LogP contribution in [0.25, 0.3) is 11.1 Å². The Kier molecular flexibility index (Phi) is 9.85. The Morgan fingerprint density at radius 2 is 1.72 bits per heavy atom. The summed E-state index contributed by atoms with van der Waals surface area (Å²) in [4.78, 5) is 27.3. The number of carboxylic acids is 1. The number of alkyl carbamates (subject to hydrolysis) is 1. The van der Waals surface area contributed by atoms with Crippen LogP contribution in [0.4, 0.5) is 23.8 Å². The average Bonchev–Trinajstić information content (AvgIpc) is 2.86. The maximum atomic E-state index is 12.7. The highest BCUT2D eigenvalue weighted by Gasteiger charge is 2.30. The van der Waals surface area contributed by atoms with Gasteiger partial charge in [-0.25, -0.2) is 14.6 Å². The van der Waals surface area contributed by atoms with Crippen LogP contribution in [0.3, 0.4) is 0 Å². The molecule has 7 nitrogen and oxygen atoms in total. The average molecular weight is 562 g/mol. The summed E-state index contributed by atoms with van der Waals surface area (Å²) in [6.07, 6.45) is -4.39. The molecule has 0 saturated carbocycles. The third kappa shape index (κ3) is 9.82. The number of halogens is 3. The monoisotopic (exact) mass is 561 g/mol. The number of carbonyl (C=O) groups is 2. The number of benzene rings is 2. The fourth-order valence-electron chi connectivity index (χ4n) is 3.43. The molecule has 3 rings (SSSR count). The van der Waals surface area contributed by atoms with Gasteiger partial charge in [-0.15, -0.1) is 0 Å². The van der Waals surface area contributed by atoms with Gasteiger partial charge in [-0.3, -0.25) is 0 Å². The highest BCUT2D eigenvalue weighted by molar-refractivity contribution is 7.98. The van der Waals surface area contributed by atoms with Crippen molar-refractivity contribution < 1.29 is 32.6 Å². The zero-order chi connectivity index (χ0) is 28.6. The van der Waals surface area contributed by atoms with Crippen LogP contribution in [-0.4, -0.2) is 39.5 Å². The van der Waals surface area contributed by atoms with Gasteiger partial charge in [0.05, 0.1) is 5.56 Å². The topological polar surface area (TPSA) is 101 Å². The molecule has 39 heavy (non-hydrogen) atoms. The van der Waals surface area contributed by atoms with Gasteiger partial charge in [0.2, 0.25) is 0 Å². The van der Waals surface area contributed by atoms with Crippen molar-refractivity contribution in [2.24, 2.45) is 0 Å². The first-order chi connectivity index (χ1) is 18.3. The van der Waals surface area contributed by atoms with Crippen molar-refractivity contribution in [1.29, 1.82) is 0 Å². The van der Waals surface area contributed by atoms with E-state index in [1.807, 2.05) is 48.5 Å². The molecule has 0 spiro atoms. The Morgan fingerprint density at radius 1 is 1.00 bits per heavy atom. The summed E-state index contributed by atoms with van der Waals surface area (Å²) in [6, 6.07) is 16.8. The number of thioether (sulfide) groups is 1. The molecule has 0 saturated heterocycles. The Balaban J connectivity index is 1.53. The minimum atomic E-state index is -4.42. The Morgan fingerprint density at radius 3 is 2.31 bits per heavy atom. The molecule has 0 bridgehead atoms. The maximum Gasteiger partial charge on any atom is 0.417 e. The molecule has 1 atom stereocenters. The fourth-order valence-corrected chi connectivity index (χ4v) is 4.44. The molecule has 0 radical (unpaired) electrons. The summed E-state index contributed by atoms with van der Waals surface area (Å²) in [7, 11) is 0. The Bertz CT molecular complexity index is 1260. The molecule has 3 aromatic rings. The lowest BCUT2D eigenvalue weighted by Crippen LogP contribution is -2.44. The van der Waals surface area contributed by atoms with Gasteiger partial charge in [-0.1, -0.05) is 42.5 Å². The van der Waals surface area contributed by atoms with Crippen LogP contribution in [0.2, 0.25) is 0 Å². The first kappa shape index (κ1) is 29.8. The van der Waals surface area contributed by atoms with E-state index in [2.05, 4.69) is 15.6 Å². The van der Waals surface area contributed by atoms with E-state index in [9.17, 15) is 27.9 Å². The number of hydrogen-bond acceptors (Lipinski definition) is 6. The first-order valence-corrected chi connectivity index (χ1v) is 13.2. The van der Waals surface area contributed by atoms with E-state index < -0.39 is 35.4 Å². The molecular weight excluding hydrogens is 531 g/mol. The normalized spacial score (nSPS) is 12.5. The number of amides is 1. The molecule has 0 fully saturated rings. The quantitative estimate of drug-likeness (QED) is 0.257. The third-order valence-corrected chi connectivity index (χ3v) is 6.43. The molecule has 1 aromatic heterocycles. The number of ether oxygens (including phenoxy) is 1. The van der Waals surface area contributed by atoms with Crippen molar-refractivity contribution >= 4 is 29.6 Å². The number of aliphatic carboxylic acids is 1. The minimum absolute atomic E-state index is 0.180. The summed E-state index contributed by atoms with van der Waals surface area (Å²) in [5.74, 6) is -0.0441. The van der Waals surface area contributed by atoms with E-state index >= 15 is 0 Å². The number of alkyl halides is 3. The molecule has 0 aliphatic rings. The summed E-state index contributed by atoms with van der Waals surface area (Å²) in [5.41, 5.74) is 2.37. The van der Waals surface area contributed by atoms with Crippen LogP contribution in [0.5, 0.6) is 0 Å². The van der Waals surface area contributed by atoms with Crippen molar-refractivity contribution in [3.8, 4) is 11.1 Å². The minimum Gasteiger partial charge on any atom is -0.480 e.